The first-order valence-electron chi connectivity index (χ1n) is 4.57. The van der Waals surface area contributed by atoms with E-state index < -0.39 is 5.97 Å². The van der Waals surface area contributed by atoms with Gasteiger partial charge in [-0.15, -0.1) is 0 Å². The average molecular weight is 180 g/mol. The zero-order valence-corrected chi connectivity index (χ0v) is 7.54. The van der Waals surface area contributed by atoms with Crippen molar-refractivity contribution >= 4 is 5.97 Å². The van der Waals surface area contributed by atoms with Crippen molar-refractivity contribution in [2.24, 2.45) is 0 Å². The molecule has 0 aromatic carbocycles. The normalized spacial score (nSPS) is 16.1. The number of aromatic carboxylic acids is 1. The number of carboxylic acids is 1. The second-order valence-electron chi connectivity index (χ2n) is 3.42. The van der Waals surface area contributed by atoms with Crippen molar-refractivity contribution in [1.82, 2.24) is 0 Å². The third-order valence-corrected chi connectivity index (χ3v) is 2.45. The summed E-state index contributed by atoms with van der Waals surface area (Å²) in [5.41, 5.74) is 1.30. The van der Waals surface area contributed by atoms with Gasteiger partial charge in [0.25, 0.3) is 0 Å². The Morgan fingerprint density at radius 3 is 2.85 bits per heavy atom. The fraction of sp³-hybridized carbons (Fsp3) is 0.500. The van der Waals surface area contributed by atoms with E-state index in [0.29, 0.717) is 23.7 Å². The topological polar surface area (TPSA) is 50.4 Å². The second kappa shape index (κ2) is 2.91. The van der Waals surface area contributed by atoms with Crippen LogP contribution in [0.25, 0.3) is 0 Å². The molecule has 2 rings (SSSR count). The maximum Gasteiger partial charge on any atom is 0.339 e. The number of rotatable bonds is 3. The molecule has 1 aliphatic rings. The molecule has 1 saturated carbocycles. The summed E-state index contributed by atoms with van der Waals surface area (Å²) < 4.78 is 5.23. The summed E-state index contributed by atoms with van der Waals surface area (Å²) in [6.07, 6.45) is 4.46. The fourth-order valence-corrected chi connectivity index (χ4v) is 1.61. The van der Waals surface area contributed by atoms with E-state index in [2.05, 4.69) is 0 Å². The van der Waals surface area contributed by atoms with Crippen LogP contribution in [-0.2, 0) is 6.42 Å². The van der Waals surface area contributed by atoms with Crippen LogP contribution >= 0.6 is 0 Å². The van der Waals surface area contributed by atoms with Crippen molar-refractivity contribution in [3.63, 3.8) is 0 Å². The summed E-state index contributed by atoms with van der Waals surface area (Å²) in [5, 5.41) is 8.98. The van der Waals surface area contributed by atoms with E-state index in [4.69, 9.17) is 9.52 Å². The zero-order valence-electron chi connectivity index (χ0n) is 7.54. The zero-order chi connectivity index (χ0) is 9.42. The molecule has 0 radical (unpaired) electrons. The summed E-state index contributed by atoms with van der Waals surface area (Å²) in [5.74, 6) is 0.192. The fourth-order valence-electron chi connectivity index (χ4n) is 1.61. The number of furan rings is 1. The second-order valence-corrected chi connectivity index (χ2v) is 3.42. The Balaban J connectivity index is 2.44. The van der Waals surface area contributed by atoms with Crippen molar-refractivity contribution in [2.45, 2.75) is 32.1 Å². The molecule has 1 aromatic heterocycles. The minimum absolute atomic E-state index is 0.407. The van der Waals surface area contributed by atoms with Crippen molar-refractivity contribution in [2.75, 3.05) is 0 Å². The van der Waals surface area contributed by atoms with E-state index in [1.54, 1.807) is 6.26 Å². The van der Waals surface area contributed by atoms with Crippen molar-refractivity contribution in [3.8, 4) is 0 Å². The van der Waals surface area contributed by atoms with E-state index in [1.165, 1.54) is 0 Å². The first-order valence-corrected chi connectivity index (χ1v) is 4.57. The van der Waals surface area contributed by atoms with Crippen molar-refractivity contribution in [3.05, 3.63) is 23.2 Å². The molecule has 1 aromatic rings. The summed E-state index contributed by atoms with van der Waals surface area (Å²) in [6, 6.07) is 0. The highest BCUT2D eigenvalue weighted by Crippen LogP contribution is 2.43. The standard InChI is InChI=1S/C10H12O3/c1-2-8-9(10(11)12)7(5-13-8)6-3-4-6/h5-6H,2-4H2,1H3,(H,11,12). The molecular formula is C10H12O3. The lowest BCUT2D eigenvalue weighted by molar-refractivity contribution is 0.0693. The van der Waals surface area contributed by atoms with Crippen LogP contribution < -0.4 is 0 Å². The third-order valence-electron chi connectivity index (χ3n) is 2.45. The number of carbonyl (C=O) groups is 1. The lowest BCUT2D eigenvalue weighted by atomic mass is 10.1. The average Bonchev–Trinajstić information content (AvgIpc) is 2.84. The smallest absolute Gasteiger partial charge is 0.339 e. The molecule has 3 heteroatoms. The molecule has 1 aliphatic carbocycles. The molecule has 0 atom stereocenters. The number of carboxylic acid groups (broad SMARTS) is 1. The van der Waals surface area contributed by atoms with Gasteiger partial charge in [-0.05, 0) is 18.8 Å². The van der Waals surface area contributed by atoms with Gasteiger partial charge >= 0.3 is 5.97 Å². The van der Waals surface area contributed by atoms with Crippen LogP contribution in [0.1, 0.15) is 47.4 Å². The predicted octanol–water partition coefficient (Wildman–Crippen LogP) is 2.42. The van der Waals surface area contributed by atoms with E-state index >= 15 is 0 Å². The molecule has 1 heterocycles. The maximum atomic E-state index is 10.9. The van der Waals surface area contributed by atoms with Crippen LogP contribution in [0.2, 0.25) is 0 Å². The number of hydrogen-bond donors (Lipinski definition) is 1. The summed E-state index contributed by atoms with van der Waals surface area (Å²) in [7, 11) is 0. The monoisotopic (exact) mass is 180 g/mol. The lowest BCUT2D eigenvalue weighted by Gasteiger charge is -1.96. The first-order chi connectivity index (χ1) is 6.24. The van der Waals surface area contributed by atoms with Gasteiger partial charge < -0.3 is 9.52 Å². The first kappa shape index (κ1) is 8.35. The Bertz CT molecular complexity index is 334. The Labute approximate surface area is 76.4 Å². The lowest BCUT2D eigenvalue weighted by Crippen LogP contribution is -2.01. The molecule has 1 fully saturated rings. The summed E-state index contributed by atoms with van der Waals surface area (Å²) in [4.78, 5) is 10.9. The van der Waals surface area contributed by atoms with Gasteiger partial charge in [0.15, 0.2) is 0 Å². The van der Waals surface area contributed by atoms with Crippen LogP contribution in [0, 0.1) is 0 Å². The quantitative estimate of drug-likeness (QED) is 0.777. The Morgan fingerprint density at radius 1 is 1.69 bits per heavy atom. The molecule has 0 aliphatic heterocycles. The van der Waals surface area contributed by atoms with E-state index in [-0.39, 0.29) is 0 Å². The number of aryl methyl sites for hydroxylation is 1. The number of hydrogen-bond acceptors (Lipinski definition) is 2. The molecule has 1 N–H and O–H groups in total. The molecule has 0 spiro atoms. The van der Waals surface area contributed by atoms with Gasteiger partial charge in [0.2, 0.25) is 0 Å². The van der Waals surface area contributed by atoms with Gasteiger partial charge in [0.1, 0.15) is 11.3 Å². The van der Waals surface area contributed by atoms with Gasteiger partial charge in [-0.1, -0.05) is 6.92 Å². The Morgan fingerprint density at radius 2 is 2.38 bits per heavy atom. The molecule has 13 heavy (non-hydrogen) atoms. The van der Waals surface area contributed by atoms with Crippen LogP contribution in [0.5, 0.6) is 0 Å². The Hall–Kier alpha value is -1.25. The Kier molecular flexibility index (Phi) is 1.87. The van der Waals surface area contributed by atoms with Crippen LogP contribution in [0.4, 0.5) is 0 Å². The molecule has 0 saturated heterocycles. The minimum Gasteiger partial charge on any atom is -0.478 e. The molecule has 0 unspecified atom stereocenters. The summed E-state index contributed by atoms with van der Waals surface area (Å²) in [6.45, 7) is 1.90. The highest BCUT2D eigenvalue weighted by atomic mass is 16.4. The minimum atomic E-state index is -0.854. The SMILES string of the molecule is CCc1occ(C2CC2)c1C(=O)O. The van der Waals surface area contributed by atoms with Crippen LogP contribution in [-0.4, -0.2) is 11.1 Å². The molecule has 70 valence electrons. The van der Waals surface area contributed by atoms with E-state index in [1.807, 2.05) is 6.92 Å². The largest absolute Gasteiger partial charge is 0.478 e. The van der Waals surface area contributed by atoms with E-state index in [0.717, 1.165) is 18.4 Å². The van der Waals surface area contributed by atoms with Gasteiger partial charge in [-0.3, -0.25) is 0 Å². The molecule has 0 bridgehead atoms. The van der Waals surface area contributed by atoms with Gasteiger partial charge in [0, 0.05) is 12.0 Å². The highest BCUT2D eigenvalue weighted by molar-refractivity contribution is 5.90. The summed E-state index contributed by atoms with van der Waals surface area (Å²) >= 11 is 0. The predicted molar refractivity (Wildman–Crippen MR) is 47.0 cm³/mol. The molecular weight excluding hydrogens is 168 g/mol. The van der Waals surface area contributed by atoms with Crippen molar-refractivity contribution < 1.29 is 14.3 Å². The van der Waals surface area contributed by atoms with Crippen LogP contribution in [0.15, 0.2) is 10.7 Å². The van der Waals surface area contributed by atoms with Crippen LogP contribution in [0.3, 0.4) is 0 Å². The van der Waals surface area contributed by atoms with E-state index in [9.17, 15) is 4.79 Å². The molecule has 3 nitrogen and oxygen atoms in total. The third kappa shape index (κ3) is 1.34. The molecule has 0 amide bonds. The van der Waals surface area contributed by atoms with Gasteiger partial charge in [-0.25, -0.2) is 4.79 Å². The highest BCUT2D eigenvalue weighted by Gasteiger charge is 2.31. The van der Waals surface area contributed by atoms with Gasteiger partial charge in [0.05, 0.1) is 6.26 Å². The maximum absolute atomic E-state index is 10.9. The van der Waals surface area contributed by atoms with Gasteiger partial charge in [-0.2, -0.15) is 0 Å². The van der Waals surface area contributed by atoms with Crippen molar-refractivity contribution in [1.29, 1.82) is 0 Å².